The Labute approximate surface area is 122 Å². The van der Waals surface area contributed by atoms with Gasteiger partial charge < -0.3 is 5.32 Å². The van der Waals surface area contributed by atoms with E-state index in [1.807, 2.05) is 12.1 Å². The first kappa shape index (κ1) is 12.8. The van der Waals surface area contributed by atoms with Crippen LogP contribution in [0.5, 0.6) is 0 Å². The third kappa shape index (κ3) is 2.42. The van der Waals surface area contributed by atoms with Crippen molar-refractivity contribution in [2.75, 3.05) is 10.6 Å². The first-order valence-electron chi connectivity index (χ1n) is 5.89. The Morgan fingerprint density at radius 1 is 1.40 bits per heavy atom. The maximum Gasteiger partial charge on any atom is 0.249 e. The minimum Gasteiger partial charge on any atom is -0.324 e. The van der Waals surface area contributed by atoms with E-state index in [0.29, 0.717) is 5.69 Å². The lowest BCUT2D eigenvalue weighted by atomic mass is 10.1. The molecule has 1 aliphatic rings. The molecule has 2 heterocycles. The molecule has 1 atom stereocenters. The topological polar surface area (TPSA) is 88.9 Å². The molecule has 0 fully saturated rings. The van der Waals surface area contributed by atoms with Crippen LogP contribution in [0.3, 0.4) is 0 Å². The minimum absolute atomic E-state index is 0.0404. The van der Waals surface area contributed by atoms with Gasteiger partial charge in [-0.25, -0.2) is 4.68 Å². The van der Waals surface area contributed by atoms with Crippen molar-refractivity contribution < 1.29 is 9.59 Å². The summed E-state index contributed by atoms with van der Waals surface area (Å²) in [5.74, 6) is -0.257. The molecule has 0 spiro atoms. The predicted octanol–water partition coefficient (Wildman–Crippen LogP) is 1.56. The molecule has 1 aliphatic heterocycles. The number of anilines is 2. The highest BCUT2D eigenvalue weighted by Crippen LogP contribution is 2.23. The van der Waals surface area contributed by atoms with Crippen molar-refractivity contribution in [3.05, 3.63) is 35.1 Å². The van der Waals surface area contributed by atoms with Crippen LogP contribution >= 0.6 is 15.9 Å². The van der Waals surface area contributed by atoms with Crippen LogP contribution in [0, 0.1) is 0 Å². The van der Waals surface area contributed by atoms with Gasteiger partial charge in [0.1, 0.15) is 12.4 Å². The van der Waals surface area contributed by atoms with Gasteiger partial charge in [0, 0.05) is 10.2 Å². The van der Waals surface area contributed by atoms with Crippen LogP contribution in [0.1, 0.15) is 12.5 Å². The molecule has 102 valence electrons. The van der Waals surface area contributed by atoms with E-state index in [0.717, 1.165) is 4.47 Å². The highest BCUT2D eigenvalue weighted by molar-refractivity contribution is 9.10. The molecule has 7 nitrogen and oxygen atoms in total. The van der Waals surface area contributed by atoms with E-state index >= 15 is 0 Å². The third-order valence-electron chi connectivity index (χ3n) is 2.91. The number of rotatable bonds is 2. The maximum absolute atomic E-state index is 12.3. The molecule has 2 aromatic rings. The molecule has 8 heteroatoms. The highest BCUT2D eigenvalue weighted by atomic mass is 79.9. The summed E-state index contributed by atoms with van der Waals surface area (Å²) >= 11 is 3.32. The number of nitrogens with zero attached hydrogens (tertiary/aromatic N) is 3. The summed E-state index contributed by atoms with van der Waals surface area (Å²) in [4.78, 5) is 27.7. The molecule has 0 aliphatic carbocycles. The monoisotopic (exact) mass is 335 g/mol. The Morgan fingerprint density at radius 2 is 2.15 bits per heavy atom. The summed E-state index contributed by atoms with van der Waals surface area (Å²) in [6, 6.07) is 6.50. The van der Waals surface area contributed by atoms with Crippen LogP contribution in [-0.2, 0) is 9.59 Å². The van der Waals surface area contributed by atoms with Crippen molar-refractivity contribution in [2.45, 2.75) is 12.5 Å². The number of aromatic nitrogens is 3. The van der Waals surface area contributed by atoms with E-state index in [2.05, 4.69) is 36.6 Å². The zero-order valence-corrected chi connectivity index (χ0v) is 11.8. The fourth-order valence-electron chi connectivity index (χ4n) is 1.97. The number of amides is 2. The van der Waals surface area contributed by atoms with E-state index in [-0.39, 0.29) is 24.2 Å². The molecule has 2 amide bonds. The van der Waals surface area contributed by atoms with Crippen LogP contribution in [0.4, 0.5) is 11.6 Å². The first-order valence-corrected chi connectivity index (χ1v) is 6.68. The molecule has 1 aromatic heterocycles. The number of fused-ring (bicyclic) bond motifs is 1. The van der Waals surface area contributed by atoms with Crippen LogP contribution in [0.25, 0.3) is 0 Å². The molecule has 20 heavy (non-hydrogen) atoms. The van der Waals surface area contributed by atoms with E-state index < -0.39 is 6.04 Å². The number of nitrogens with one attached hydrogen (secondary N) is 2. The smallest absolute Gasteiger partial charge is 0.249 e. The second-order valence-electron chi connectivity index (χ2n) is 4.29. The van der Waals surface area contributed by atoms with Crippen molar-refractivity contribution >= 4 is 39.4 Å². The number of carbonyl (C=O) groups is 2. The summed E-state index contributed by atoms with van der Waals surface area (Å²) in [6.45, 7) is 0. The van der Waals surface area contributed by atoms with Crippen molar-refractivity contribution in [3.63, 3.8) is 0 Å². The molecule has 1 aromatic carbocycles. The third-order valence-corrected chi connectivity index (χ3v) is 3.44. The molecule has 3 rings (SSSR count). The van der Waals surface area contributed by atoms with Gasteiger partial charge in [0.05, 0.1) is 6.42 Å². The lowest BCUT2D eigenvalue weighted by molar-refractivity contribution is -0.125. The summed E-state index contributed by atoms with van der Waals surface area (Å²) in [7, 11) is 0. The summed E-state index contributed by atoms with van der Waals surface area (Å²) in [5.41, 5.74) is 0.658. The quantitative estimate of drug-likeness (QED) is 0.871. The van der Waals surface area contributed by atoms with Gasteiger partial charge in [0.25, 0.3) is 0 Å². The fourth-order valence-corrected chi connectivity index (χ4v) is 2.23. The molecule has 0 bridgehead atoms. The maximum atomic E-state index is 12.3. The fraction of sp³-hybridized carbons (Fsp3) is 0.167. The number of carbonyl (C=O) groups excluding carboxylic acids is 2. The van der Waals surface area contributed by atoms with Gasteiger partial charge in [0.2, 0.25) is 17.8 Å². The molecule has 0 unspecified atom stereocenters. The van der Waals surface area contributed by atoms with Crippen LogP contribution < -0.4 is 10.6 Å². The molecule has 0 radical (unpaired) electrons. The second-order valence-corrected chi connectivity index (χ2v) is 5.21. The van der Waals surface area contributed by atoms with Crippen molar-refractivity contribution in [1.29, 1.82) is 0 Å². The Kier molecular flexibility index (Phi) is 3.23. The second kappa shape index (κ2) is 5.04. The first-order chi connectivity index (χ1) is 9.63. The molecule has 0 saturated carbocycles. The van der Waals surface area contributed by atoms with Crippen LogP contribution in [0.2, 0.25) is 0 Å². The Balaban J connectivity index is 1.81. The number of hydrogen-bond donors (Lipinski definition) is 2. The van der Waals surface area contributed by atoms with Crippen molar-refractivity contribution in [3.8, 4) is 0 Å². The molecular formula is C12H10BrN5O2. The number of halogens is 1. The number of benzene rings is 1. The Morgan fingerprint density at radius 3 is 2.90 bits per heavy atom. The number of hydrogen-bond acceptors (Lipinski definition) is 4. The lowest BCUT2D eigenvalue weighted by Crippen LogP contribution is -2.35. The molecular weight excluding hydrogens is 326 g/mol. The normalized spacial score (nSPS) is 17.2. The Hall–Kier alpha value is -2.22. The van der Waals surface area contributed by atoms with Crippen molar-refractivity contribution in [2.24, 2.45) is 0 Å². The highest BCUT2D eigenvalue weighted by Gasteiger charge is 2.31. The Bertz CT molecular complexity index is 667. The molecule has 0 saturated heterocycles. The van der Waals surface area contributed by atoms with E-state index in [9.17, 15) is 9.59 Å². The lowest BCUT2D eigenvalue weighted by Gasteiger charge is -2.22. The van der Waals surface area contributed by atoms with Gasteiger partial charge >= 0.3 is 0 Å². The average Bonchev–Trinajstić information content (AvgIpc) is 2.88. The summed E-state index contributed by atoms with van der Waals surface area (Å²) < 4.78 is 2.33. The van der Waals surface area contributed by atoms with Gasteiger partial charge in [0.15, 0.2) is 0 Å². The van der Waals surface area contributed by atoms with Crippen molar-refractivity contribution in [1.82, 2.24) is 14.8 Å². The zero-order valence-electron chi connectivity index (χ0n) is 10.2. The minimum atomic E-state index is -0.690. The van der Waals surface area contributed by atoms with Gasteiger partial charge in [-0.3, -0.25) is 14.9 Å². The van der Waals surface area contributed by atoms with Crippen LogP contribution in [0.15, 0.2) is 35.1 Å². The average molecular weight is 336 g/mol. The van der Waals surface area contributed by atoms with Gasteiger partial charge in [-0.05, 0) is 24.3 Å². The predicted molar refractivity (Wildman–Crippen MR) is 75.1 cm³/mol. The zero-order chi connectivity index (χ0) is 14.1. The van der Waals surface area contributed by atoms with Gasteiger partial charge in [-0.15, -0.1) is 0 Å². The van der Waals surface area contributed by atoms with E-state index in [1.54, 1.807) is 12.1 Å². The standard InChI is InChI=1S/C12H10BrN5O2/c13-7-1-3-8(4-2-7)16-11(20)9-5-10(19)17-12-14-6-15-18(9)12/h1-4,6,9H,5H2,(H,16,20)(H,14,15,17,19)/t9-/m1/s1. The van der Waals surface area contributed by atoms with E-state index in [1.165, 1.54) is 11.0 Å². The van der Waals surface area contributed by atoms with E-state index in [4.69, 9.17) is 0 Å². The summed E-state index contributed by atoms with van der Waals surface area (Å²) in [5, 5.41) is 9.29. The van der Waals surface area contributed by atoms with Gasteiger partial charge in [-0.1, -0.05) is 15.9 Å². The van der Waals surface area contributed by atoms with Gasteiger partial charge in [-0.2, -0.15) is 10.1 Å². The SMILES string of the molecule is O=C1C[C@H](C(=O)Nc2ccc(Br)cc2)n2ncnc2N1. The largest absolute Gasteiger partial charge is 0.324 e. The van der Waals surface area contributed by atoms with Crippen LogP contribution in [-0.4, -0.2) is 26.6 Å². The summed E-state index contributed by atoms with van der Waals surface area (Å²) in [6.07, 6.45) is 1.35. The molecule has 2 N–H and O–H groups in total.